The molecule has 0 unspecified atom stereocenters. The van der Waals surface area contributed by atoms with E-state index >= 15 is 0 Å². The summed E-state index contributed by atoms with van der Waals surface area (Å²) < 4.78 is 1.07. The summed E-state index contributed by atoms with van der Waals surface area (Å²) >= 11 is 3.48. The highest BCUT2D eigenvalue weighted by Crippen LogP contribution is 2.27. The van der Waals surface area contributed by atoms with Gasteiger partial charge in [0.15, 0.2) is 0 Å². The molecule has 2 rings (SSSR count). The summed E-state index contributed by atoms with van der Waals surface area (Å²) in [5, 5.41) is 0. The lowest BCUT2D eigenvalue weighted by molar-refractivity contribution is 1.40. The van der Waals surface area contributed by atoms with Gasteiger partial charge in [-0.25, -0.2) is 0 Å². The van der Waals surface area contributed by atoms with Crippen molar-refractivity contribution < 1.29 is 0 Å². The summed E-state index contributed by atoms with van der Waals surface area (Å²) in [5.41, 5.74) is 7.75. The number of aromatic amines is 1. The standard InChI is InChI=1S/C10H9BrN2/c11-8-4-2-1-3-7(8)9-5-6-10(12)13-9/h1-6,13H,12H2. The predicted molar refractivity (Wildman–Crippen MR) is 58.3 cm³/mol. The number of benzene rings is 1. The fraction of sp³-hybridized carbons (Fsp3) is 0. The molecule has 2 aromatic rings. The molecule has 0 aliphatic rings. The lowest BCUT2D eigenvalue weighted by Crippen LogP contribution is -1.84. The van der Waals surface area contributed by atoms with Crippen molar-refractivity contribution in [2.75, 3.05) is 5.73 Å². The Labute approximate surface area is 84.9 Å². The van der Waals surface area contributed by atoms with Crippen molar-refractivity contribution in [3.05, 3.63) is 40.9 Å². The molecular formula is C10H9BrN2. The molecule has 13 heavy (non-hydrogen) atoms. The molecule has 66 valence electrons. The van der Waals surface area contributed by atoms with Gasteiger partial charge in [0.05, 0.1) is 0 Å². The average Bonchev–Trinajstić information content (AvgIpc) is 2.53. The molecule has 0 amide bonds. The van der Waals surface area contributed by atoms with Crippen molar-refractivity contribution >= 4 is 21.7 Å². The topological polar surface area (TPSA) is 41.8 Å². The van der Waals surface area contributed by atoms with Gasteiger partial charge < -0.3 is 10.7 Å². The maximum absolute atomic E-state index is 5.60. The van der Waals surface area contributed by atoms with Crippen LogP contribution in [0.1, 0.15) is 0 Å². The summed E-state index contributed by atoms with van der Waals surface area (Å²) in [7, 11) is 0. The van der Waals surface area contributed by atoms with Crippen molar-refractivity contribution in [1.82, 2.24) is 4.98 Å². The Morgan fingerprint density at radius 2 is 1.85 bits per heavy atom. The number of aromatic nitrogens is 1. The van der Waals surface area contributed by atoms with Crippen molar-refractivity contribution in [3.8, 4) is 11.3 Å². The molecule has 1 aromatic heterocycles. The zero-order valence-electron chi connectivity index (χ0n) is 6.92. The third-order valence-corrected chi connectivity index (χ3v) is 2.56. The monoisotopic (exact) mass is 236 g/mol. The van der Waals surface area contributed by atoms with E-state index in [4.69, 9.17) is 5.73 Å². The summed E-state index contributed by atoms with van der Waals surface area (Å²) in [4.78, 5) is 3.08. The molecule has 0 saturated carbocycles. The number of nitrogens with one attached hydrogen (secondary N) is 1. The quantitative estimate of drug-likeness (QED) is 0.786. The van der Waals surface area contributed by atoms with Gasteiger partial charge in [-0.05, 0) is 18.2 Å². The van der Waals surface area contributed by atoms with Gasteiger partial charge >= 0.3 is 0 Å². The molecule has 0 radical (unpaired) electrons. The first kappa shape index (κ1) is 8.38. The third kappa shape index (κ3) is 1.60. The van der Waals surface area contributed by atoms with Crippen LogP contribution in [-0.2, 0) is 0 Å². The van der Waals surface area contributed by atoms with Crippen LogP contribution in [-0.4, -0.2) is 4.98 Å². The minimum absolute atomic E-state index is 0.686. The molecule has 0 bridgehead atoms. The molecule has 3 N–H and O–H groups in total. The van der Waals surface area contributed by atoms with Crippen LogP contribution in [0.3, 0.4) is 0 Å². The minimum Gasteiger partial charge on any atom is -0.385 e. The Kier molecular flexibility index (Phi) is 2.10. The molecule has 0 saturated heterocycles. The van der Waals surface area contributed by atoms with E-state index in [0.717, 1.165) is 15.7 Å². The van der Waals surface area contributed by atoms with Gasteiger partial charge in [-0.1, -0.05) is 34.1 Å². The SMILES string of the molecule is Nc1ccc(-c2ccccc2Br)[nH]1. The molecule has 2 nitrogen and oxygen atoms in total. The van der Waals surface area contributed by atoms with Crippen LogP contribution in [0.4, 0.5) is 5.82 Å². The van der Waals surface area contributed by atoms with Crippen LogP contribution in [0, 0.1) is 0 Å². The highest BCUT2D eigenvalue weighted by atomic mass is 79.9. The molecule has 0 aliphatic carbocycles. The first-order valence-electron chi connectivity index (χ1n) is 3.97. The van der Waals surface area contributed by atoms with E-state index in [1.807, 2.05) is 36.4 Å². The fourth-order valence-electron chi connectivity index (χ4n) is 1.25. The van der Waals surface area contributed by atoms with Crippen molar-refractivity contribution in [2.45, 2.75) is 0 Å². The maximum Gasteiger partial charge on any atom is 0.101 e. The summed E-state index contributed by atoms with van der Waals surface area (Å²) in [6.45, 7) is 0. The van der Waals surface area contributed by atoms with Crippen molar-refractivity contribution in [1.29, 1.82) is 0 Å². The van der Waals surface area contributed by atoms with E-state index in [2.05, 4.69) is 20.9 Å². The van der Waals surface area contributed by atoms with E-state index in [-0.39, 0.29) is 0 Å². The van der Waals surface area contributed by atoms with Gasteiger partial charge in [0.1, 0.15) is 5.82 Å². The number of anilines is 1. The Morgan fingerprint density at radius 1 is 1.08 bits per heavy atom. The summed E-state index contributed by atoms with van der Waals surface area (Å²) in [6.07, 6.45) is 0. The van der Waals surface area contributed by atoms with Crippen molar-refractivity contribution in [3.63, 3.8) is 0 Å². The van der Waals surface area contributed by atoms with Crippen LogP contribution in [0.2, 0.25) is 0 Å². The predicted octanol–water partition coefficient (Wildman–Crippen LogP) is 3.03. The number of nitrogens with two attached hydrogens (primary N) is 1. The molecule has 0 aliphatic heterocycles. The van der Waals surface area contributed by atoms with Gasteiger partial charge in [-0.2, -0.15) is 0 Å². The second-order valence-corrected chi connectivity index (χ2v) is 3.66. The first-order chi connectivity index (χ1) is 6.27. The van der Waals surface area contributed by atoms with E-state index in [0.29, 0.717) is 5.82 Å². The maximum atomic E-state index is 5.60. The number of H-pyrrole nitrogens is 1. The van der Waals surface area contributed by atoms with Gasteiger partial charge in [0.2, 0.25) is 0 Å². The molecular weight excluding hydrogens is 228 g/mol. The first-order valence-corrected chi connectivity index (χ1v) is 4.76. The second kappa shape index (κ2) is 3.26. The zero-order valence-corrected chi connectivity index (χ0v) is 8.51. The number of hydrogen-bond acceptors (Lipinski definition) is 1. The lowest BCUT2D eigenvalue weighted by atomic mass is 10.2. The average molecular weight is 237 g/mol. The third-order valence-electron chi connectivity index (χ3n) is 1.87. The highest BCUT2D eigenvalue weighted by molar-refractivity contribution is 9.10. The molecule has 0 spiro atoms. The van der Waals surface area contributed by atoms with Crippen LogP contribution in [0.15, 0.2) is 40.9 Å². The Morgan fingerprint density at radius 3 is 2.46 bits per heavy atom. The number of rotatable bonds is 1. The van der Waals surface area contributed by atoms with Crippen LogP contribution >= 0.6 is 15.9 Å². The molecule has 3 heteroatoms. The Hall–Kier alpha value is -1.22. The van der Waals surface area contributed by atoms with Gasteiger partial charge in [-0.3, -0.25) is 0 Å². The van der Waals surface area contributed by atoms with Gasteiger partial charge in [-0.15, -0.1) is 0 Å². The number of nitrogen functional groups attached to an aromatic ring is 1. The lowest BCUT2D eigenvalue weighted by Gasteiger charge is -2.00. The highest BCUT2D eigenvalue weighted by Gasteiger charge is 2.02. The molecule has 0 atom stereocenters. The minimum atomic E-state index is 0.686. The summed E-state index contributed by atoms with van der Waals surface area (Å²) in [5.74, 6) is 0.686. The normalized spacial score (nSPS) is 10.2. The van der Waals surface area contributed by atoms with Gasteiger partial charge in [0, 0.05) is 15.7 Å². The van der Waals surface area contributed by atoms with Crippen LogP contribution in [0.5, 0.6) is 0 Å². The van der Waals surface area contributed by atoms with E-state index in [1.165, 1.54) is 0 Å². The van der Waals surface area contributed by atoms with E-state index in [1.54, 1.807) is 0 Å². The second-order valence-electron chi connectivity index (χ2n) is 2.81. The van der Waals surface area contributed by atoms with E-state index < -0.39 is 0 Å². The Bertz CT molecular complexity index is 420. The molecule has 0 fully saturated rings. The smallest absolute Gasteiger partial charge is 0.101 e. The largest absolute Gasteiger partial charge is 0.385 e. The Balaban J connectivity index is 2.52. The zero-order chi connectivity index (χ0) is 9.26. The molecule has 1 heterocycles. The number of hydrogen-bond donors (Lipinski definition) is 2. The van der Waals surface area contributed by atoms with Crippen LogP contribution in [0.25, 0.3) is 11.3 Å². The number of halogens is 1. The van der Waals surface area contributed by atoms with Crippen LogP contribution < -0.4 is 5.73 Å². The fourth-order valence-corrected chi connectivity index (χ4v) is 1.75. The molecule has 1 aromatic carbocycles. The van der Waals surface area contributed by atoms with Crippen molar-refractivity contribution in [2.24, 2.45) is 0 Å². The summed E-state index contributed by atoms with van der Waals surface area (Å²) in [6, 6.07) is 11.9. The van der Waals surface area contributed by atoms with E-state index in [9.17, 15) is 0 Å². The van der Waals surface area contributed by atoms with Gasteiger partial charge in [0.25, 0.3) is 0 Å².